The molecule has 3 heterocycles. The lowest BCUT2D eigenvalue weighted by atomic mass is 10.1. The van der Waals surface area contributed by atoms with Gasteiger partial charge in [0.05, 0.1) is 13.7 Å². The second-order valence-corrected chi connectivity index (χ2v) is 7.07. The molecular formula is C18H20N4OS. The molecule has 0 spiro atoms. The summed E-state index contributed by atoms with van der Waals surface area (Å²) in [5.41, 5.74) is 3.93. The number of nitrogens with zero attached hydrogens (tertiary/aromatic N) is 4. The summed E-state index contributed by atoms with van der Waals surface area (Å²) in [6.45, 7) is 3.80. The van der Waals surface area contributed by atoms with Crippen LogP contribution in [-0.4, -0.2) is 33.3 Å². The Morgan fingerprint density at radius 1 is 1.25 bits per heavy atom. The van der Waals surface area contributed by atoms with E-state index in [1.165, 1.54) is 11.1 Å². The van der Waals surface area contributed by atoms with Crippen molar-refractivity contribution in [2.45, 2.75) is 26.1 Å². The molecule has 1 aromatic carbocycles. The molecule has 0 saturated heterocycles. The van der Waals surface area contributed by atoms with Crippen molar-refractivity contribution in [3.8, 4) is 5.75 Å². The number of aromatic nitrogens is 3. The Hall–Kier alpha value is -2.18. The summed E-state index contributed by atoms with van der Waals surface area (Å²) in [7, 11) is 1.71. The molecule has 24 heavy (non-hydrogen) atoms. The Bertz CT molecular complexity index is 812. The zero-order valence-electron chi connectivity index (χ0n) is 13.7. The fraction of sp³-hybridized carbons (Fsp3) is 0.333. The van der Waals surface area contributed by atoms with E-state index in [9.17, 15) is 0 Å². The van der Waals surface area contributed by atoms with Crippen LogP contribution in [0.4, 0.5) is 0 Å². The monoisotopic (exact) mass is 340 g/mol. The van der Waals surface area contributed by atoms with Crippen molar-refractivity contribution in [1.29, 1.82) is 0 Å². The van der Waals surface area contributed by atoms with Crippen molar-refractivity contribution in [1.82, 2.24) is 19.7 Å². The second kappa shape index (κ2) is 6.75. The van der Waals surface area contributed by atoms with Crippen LogP contribution in [-0.2, 0) is 26.1 Å². The number of rotatable bonds is 5. The first-order chi connectivity index (χ1) is 11.8. The number of hydrogen-bond acceptors (Lipinski definition) is 5. The SMILES string of the molecule is COc1ccc(CN2CCc3sccc3C2)cc1Cn1cncn1. The van der Waals surface area contributed by atoms with Gasteiger partial charge in [0.25, 0.3) is 0 Å². The summed E-state index contributed by atoms with van der Waals surface area (Å²) in [5, 5.41) is 6.40. The van der Waals surface area contributed by atoms with Gasteiger partial charge in [-0.2, -0.15) is 5.10 Å². The van der Waals surface area contributed by atoms with Crippen molar-refractivity contribution < 1.29 is 4.74 Å². The van der Waals surface area contributed by atoms with E-state index in [1.807, 2.05) is 16.0 Å². The van der Waals surface area contributed by atoms with Crippen molar-refractivity contribution in [2.24, 2.45) is 0 Å². The van der Waals surface area contributed by atoms with Gasteiger partial charge in [0, 0.05) is 30.1 Å². The third-order valence-electron chi connectivity index (χ3n) is 4.44. The lowest BCUT2D eigenvalue weighted by Crippen LogP contribution is -2.29. The topological polar surface area (TPSA) is 43.2 Å². The van der Waals surface area contributed by atoms with E-state index in [1.54, 1.807) is 24.6 Å². The molecular weight excluding hydrogens is 320 g/mol. The molecule has 124 valence electrons. The highest BCUT2D eigenvalue weighted by Crippen LogP contribution is 2.26. The molecule has 6 heteroatoms. The van der Waals surface area contributed by atoms with E-state index in [2.05, 4.69) is 44.6 Å². The largest absolute Gasteiger partial charge is 0.496 e. The van der Waals surface area contributed by atoms with E-state index in [-0.39, 0.29) is 0 Å². The van der Waals surface area contributed by atoms with Crippen molar-refractivity contribution in [3.05, 3.63) is 63.9 Å². The standard InChI is InChI=1S/C18H20N4OS/c1-23-17-3-2-14(8-16(17)11-22-13-19-12-20-22)9-21-6-4-18-15(10-21)5-7-24-18/h2-3,5,7-8,12-13H,4,6,9-11H2,1H3. The Balaban J connectivity index is 1.51. The fourth-order valence-electron chi connectivity index (χ4n) is 3.24. The summed E-state index contributed by atoms with van der Waals surface area (Å²) in [4.78, 5) is 8.07. The molecule has 0 bridgehead atoms. The minimum atomic E-state index is 0.672. The normalized spacial score (nSPS) is 14.5. The average molecular weight is 340 g/mol. The van der Waals surface area contributed by atoms with E-state index >= 15 is 0 Å². The maximum absolute atomic E-state index is 5.50. The third-order valence-corrected chi connectivity index (χ3v) is 5.46. The number of methoxy groups -OCH3 is 1. The van der Waals surface area contributed by atoms with E-state index in [4.69, 9.17) is 4.74 Å². The highest BCUT2D eigenvalue weighted by molar-refractivity contribution is 7.10. The van der Waals surface area contributed by atoms with Gasteiger partial charge in [-0.05, 0) is 41.1 Å². The molecule has 0 radical (unpaired) electrons. The molecule has 1 aliphatic rings. The molecule has 5 nitrogen and oxygen atoms in total. The highest BCUT2D eigenvalue weighted by Gasteiger charge is 2.17. The van der Waals surface area contributed by atoms with E-state index in [0.717, 1.165) is 37.4 Å². The lowest BCUT2D eigenvalue weighted by Gasteiger charge is -2.27. The van der Waals surface area contributed by atoms with Gasteiger partial charge in [-0.1, -0.05) is 6.07 Å². The number of benzene rings is 1. The first-order valence-electron chi connectivity index (χ1n) is 8.07. The van der Waals surface area contributed by atoms with Crippen LogP contribution in [0.25, 0.3) is 0 Å². The maximum atomic E-state index is 5.50. The molecule has 3 aromatic rings. The predicted molar refractivity (Wildman–Crippen MR) is 94.3 cm³/mol. The number of fused-ring (bicyclic) bond motifs is 1. The summed E-state index contributed by atoms with van der Waals surface area (Å²) in [5.74, 6) is 0.896. The first-order valence-corrected chi connectivity index (χ1v) is 8.95. The predicted octanol–water partition coefficient (Wildman–Crippen LogP) is 2.95. The zero-order chi connectivity index (χ0) is 16.4. The summed E-state index contributed by atoms with van der Waals surface area (Å²) in [6.07, 6.45) is 4.45. The number of ether oxygens (including phenoxy) is 1. The van der Waals surface area contributed by atoms with Crippen molar-refractivity contribution in [2.75, 3.05) is 13.7 Å². The van der Waals surface area contributed by atoms with E-state index in [0.29, 0.717) is 6.54 Å². The number of hydrogen-bond donors (Lipinski definition) is 0. The Labute approximate surface area is 145 Å². The van der Waals surface area contributed by atoms with Crippen molar-refractivity contribution in [3.63, 3.8) is 0 Å². The molecule has 2 aromatic heterocycles. The van der Waals surface area contributed by atoms with Gasteiger partial charge in [0.15, 0.2) is 0 Å². The Morgan fingerprint density at radius 2 is 2.21 bits per heavy atom. The van der Waals surface area contributed by atoms with Crippen LogP contribution in [0.1, 0.15) is 21.6 Å². The molecule has 1 aliphatic heterocycles. The molecule has 0 atom stereocenters. The van der Waals surface area contributed by atoms with Crippen LogP contribution in [0, 0.1) is 0 Å². The van der Waals surface area contributed by atoms with Gasteiger partial charge >= 0.3 is 0 Å². The van der Waals surface area contributed by atoms with Gasteiger partial charge in [0.2, 0.25) is 0 Å². The fourth-order valence-corrected chi connectivity index (χ4v) is 4.13. The first kappa shape index (κ1) is 15.4. The average Bonchev–Trinajstić information content (AvgIpc) is 3.26. The molecule has 0 N–H and O–H groups in total. The van der Waals surface area contributed by atoms with Crippen LogP contribution < -0.4 is 4.74 Å². The van der Waals surface area contributed by atoms with Gasteiger partial charge in [-0.25, -0.2) is 9.67 Å². The molecule has 4 rings (SSSR count). The number of thiophene rings is 1. The Kier molecular flexibility index (Phi) is 4.32. The van der Waals surface area contributed by atoms with Crippen LogP contribution in [0.15, 0.2) is 42.3 Å². The quantitative estimate of drug-likeness (QED) is 0.716. The van der Waals surface area contributed by atoms with Crippen LogP contribution in [0.5, 0.6) is 5.75 Å². The minimum Gasteiger partial charge on any atom is -0.496 e. The molecule has 0 fully saturated rings. The summed E-state index contributed by atoms with van der Waals surface area (Å²) >= 11 is 1.88. The molecule has 0 aliphatic carbocycles. The van der Waals surface area contributed by atoms with Gasteiger partial charge < -0.3 is 4.74 Å². The lowest BCUT2D eigenvalue weighted by molar-refractivity contribution is 0.247. The van der Waals surface area contributed by atoms with Crippen LogP contribution in [0.2, 0.25) is 0 Å². The van der Waals surface area contributed by atoms with Crippen molar-refractivity contribution >= 4 is 11.3 Å². The Morgan fingerprint density at radius 3 is 3.04 bits per heavy atom. The van der Waals surface area contributed by atoms with Crippen LogP contribution in [0.3, 0.4) is 0 Å². The third kappa shape index (κ3) is 3.20. The molecule has 0 amide bonds. The summed E-state index contributed by atoms with van der Waals surface area (Å²) < 4.78 is 7.32. The zero-order valence-corrected chi connectivity index (χ0v) is 14.5. The smallest absolute Gasteiger partial charge is 0.137 e. The minimum absolute atomic E-state index is 0.672. The highest BCUT2D eigenvalue weighted by atomic mass is 32.1. The molecule has 0 saturated carbocycles. The van der Waals surface area contributed by atoms with Gasteiger partial charge in [-0.15, -0.1) is 11.3 Å². The van der Waals surface area contributed by atoms with Crippen LogP contribution >= 0.6 is 11.3 Å². The van der Waals surface area contributed by atoms with E-state index < -0.39 is 0 Å². The van der Waals surface area contributed by atoms with Gasteiger partial charge in [0.1, 0.15) is 18.4 Å². The second-order valence-electron chi connectivity index (χ2n) is 6.07. The molecule has 0 unspecified atom stereocenters. The maximum Gasteiger partial charge on any atom is 0.137 e. The summed E-state index contributed by atoms with van der Waals surface area (Å²) in [6, 6.07) is 8.70. The van der Waals surface area contributed by atoms with Gasteiger partial charge in [-0.3, -0.25) is 4.90 Å².